The quantitative estimate of drug-likeness (QED) is 0.0417. The van der Waals surface area contributed by atoms with Crippen molar-refractivity contribution in [1.29, 1.82) is 0 Å². The summed E-state index contributed by atoms with van der Waals surface area (Å²) in [5, 5.41) is 19.3. The van der Waals surface area contributed by atoms with E-state index in [0.717, 1.165) is 49.1 Å². The Morgan fingerprint density at radius 1 is 0.923 bits per heavy atom. The van der Waals surface area contributed by atoms with Crippen LogP contribution in [-0.2, 0) is 39.8 Å². The van der Waals surface area contributed by atoms with Crippen molar-refractivity contribution in [3.05, 3.63) is 95.5 Å². The van der Waals surface area contributed by atoms with E-state index >= 15 is 0 Å². The molecular weight excluding hydrogens is 845 g/mol. The predicted molar refractivity (Wildman–Crippen MR) is 254 cm³/mol. The molecule has 0 aliphatic carbocycles. The first kappa shape index (κ1) is 49.4. The van der Waals surface area contributed by atoms with Gasteiger partial charge in [0.2, 0.25) is 11.8 Å². The fraction of sp³-hybridized carbons (Fsp3) is 0.500. The Kier molecular flexibility index (Phi) is 18.2. The van der Waals surface area contributed by atoms with Crippen molar-refractivity contribution in [2.45, 2.75) is 84.9 Å². The number of nitrogens with zero attached hydrogens (tertiary/aromatic N) is 3. The molecule has 1 aliphatic heterocycles. The number of pyridine rings is 1. The normalized spacial score (nSPS) is 16.2. The lowest BCUT2D eigenvalue weighted by Crippen LogP contribution is -2.47. The number of ketones is 1. The van der Waals surface area contributed by atoms with E-state index in [9.17, 15) is 19.5 Å². The number of aromatic nitrogens is 3. The summed E-state index contributed by atoms with van der Waals surface area (Å²) in [6, 6.07) is 16.1. The summed E-state index contributed by atoms with van der Waals surface area (Å²) in [4.78, 5) is 54.5. The highest BCUT2D eigenvalue weighted by Crippen LogP contribution is 2.35. The zero-order valence-corrected chi connectivity index (χ0v) is 39.3. The van der Waals surface area contributed by atoms with Gasteiger partial charge in [0.15, 0.2) is 0 Å². The van der Waals surface area contributed by atoms with Crippen LogP contribution in [0.1, 0.15) is 76.2 Å². The zero-order valence-electron chi connectivity index (χ0n) is 38.5. The van der Waals surface area contributed by atoms with Crippen LogP contribution in [0.25, 0.3) is 32.2 Å². The molecule has 4 atom stereocenters. The minimum absolute atomic E-state index is 0.0172. The van der Waals surface area contributed by atoms with Crippen molar-refractivity contribution in [1.82, 2.24) is 30.5 Å². The zero-order chi connectivity index (χ0) is 46.3. The van der Waals surface area contributed by atoms with Gasteiger partial charge >= 0.3 is 0 Å². The van der Waals surface area contributed by atoms with Crippen LogP contribution in [-0.4, -0.2) is 121 Å². The topological polar surface area (TPSA) is 177 Å². The lowest BCUT2D eigenvalue weighted by molar-refractivity contribution is -0.142. The minimum Gasteiger partial charge on any atom is -0.391 e. The SMILES string of the molecule is C=C(N[C@@H](C)c1ccc(-c2scnc2C)cc1)[C@@H]1C[C@@H](O)CN1C(=O)[C@@H](CC(=O)CCOCCOCCOCCOCCNC(=O)CCc1ccc2c(c1)[nH]c1ccncc12)C(C)(C)C. The number of Topliss-reactive ketones (excluding diaryl/α,β-unsaturated/α-hetero) is 1. The molecule has 0 unspecified atom stereocenters. The number of nitrogens with one attached hydrogen (secondary N) is 3. The maximum absolute atomic E-state index is 14.2. The summed E-state index contributed by atoms with van der Waals surface area (Å²) in [7, 11) is 0. The fourth-order valence-electron chi connectivity index (χ4n) is 8.15. The third kappa shape index (κ3) is 14.2. The molecule has 0 saturated carbocycles. The smallest absolute Gasteiger partial charge is 0.227 e. The number of aromatic amines is 1. The number of β-amino-alcohol motifs (C(OH)–C–C–N with tert-alkyl or cyclic N) is 1. The number of thiazole rings is 1. The van der Waals surface area contributed by atoms with Gasteiger partial charge in [-0.3, -0.25) is 19.4 Å². The first-order valence-electron chi connectivity index (χ1n) is 22.7. The third-order valence-corrected chi connectivity index (χ3v) is 12.9. The highest BCUT2D eigenvalue weighted by Gasteiger charge is 2.43. The molecule has 0 spiro atoms. The maximum atomic E-state index is 14.2. The summed E-state index contributed by atoms with van der Waals surface area (Å²) in [5.74, 6) is -0.791. The number of benzene rings is 2. The maximum Gasteiger partial charge on any atom is 0.227 e. The Hall–Kier alpha value is -5.03. The monoisotopic (exact) mass is 910 g/mol. The Balaban J connectivity index is 0.786. The van der Waals surface area contributed by atoms with Gasteiger partial charge in [0.1, 0.15) is 5.78 Å². The average molecular weight is 911 g/mol. The number of carbonyl (C=O) groups excluding carboxylic acids is 3. The number of likely N-dealkylation sites (tertiary alicyclic amines) is 1. The van der Waals surface area contributed by atoms with Crippen LogP contribution in [0.5, 0.6) is 0 Å². The summed E-state index contributed by atoms with van der Waals surface area (Å²) >= 11 is 1.62. The molecule has 0 radical (unpaired) electrons. The standard InChI is InChI=1S/C50H66N6O8S/c1-33(37-9-11-38(12-10-37)48-35(3)53-32-65-48)54-34(2)46-29-40(58)31-56(46)49(60)43(50(4,5)6)28-39(57)16-19-61-21-23-63-25-26-64-24-22-62-20-18-52-47(59)14-8-36-7-13-41-42-30-51-17-15-44(42)55-45(41)27-36/h7,9-13,15,17,27,30,32-33,40,43,46,54-55,58H,2,8,14,16,18-26,28-29,31H2,1,3-6H3,(H,52,59)/t33-,40+,43+,46-/m0/s1. The van der Waals surface area contributed by atoms with Crippen LogP contribution in [0.2, 0.25) is 0 Å². The van der Waals surface area contributed by atoms with Crippen LogP contribution in [0.4, 0.5) is 0 Å². The van der Waals surface area contributed by atoms with Gasteiger partial charge in [-0.25, -0.2) is 4.98 Å². The van der Waals surface area contributed by atoms with E-state index in [1.165, 1.54) is 0 Å². The van der Waals surface area contributed by atoms with Crippen LogP contribution in [0.15, 0.2) is 78.7 Å². The van der Waals surface area contributed by atoms with Gasteiger partial charge in [0.25, 0.3) is 0 Å². The van der Waals surface area contributed by atoms with Crippen LogP contribution in [0.3, 0.4) is 0 Å². The van der Waals surface area contributed by atoms with E-state index < -0.39 is 23.5 Å². The molecule has 2 amide bonds. The molecule has 0 bridgehead atoms. The molecule has 4 heterocycles. The molecule has 3 aromatic heterocycles. The highest BCUT2D eigenvalue weighted by molar-refractivity contribution is 7.13. The average Bonchev–Trinajstić information content (AvgIpc) is 4.01. The molecule has 4 N–H and O–H groups in total. The van der Waals surface area contributed by atoms with Gasteiger partial charge in [-0.05, 0) is 54.5 Å². The number of fused-ring (bicyclic) bond motifs is 3. The molecule has 5 aromatic rings. The van der Waals surface area contributed by atoms with E-state index in [0.29, 0.717) is 77.8 Å². The lowest BCUT2D eigenvalue weighted by atomic mass is 9.76. The van der Waals surface area contributed by atoms with E-state index in [4.69, 9.17) is 18.9 Å². The van der Waals surface area contributed by atoms with Crippen molar-refractivity contribution in [3.63, 3.8) is 0 Å². The molecule has 6 rings (SSSR count). The number of hydrogen-bond donors (Lipinski definition) is 4. The van der Waals surface area contributed by atoms with Crippen molar-refractivity contribution in [3.8, 4) is 10.4 Å². The van der Waals surface area contributed by atoms with Gasteiger partial charge in [-0.2, -0.15) is 0 Å². The highest BCUT2D eigenvalue weighted by atomic mass is 32.1. The number of carbonyl (C=O) groups is 3. The predicted octanol–water partition coefficient (Wildman–Crippen LogP) is 7.10. The van der Waals surface area contributed by atoms with E-state index in [2.05, 4.69) is 81.6 Å². The molecule has 350 valence electrons. The molecule has 1 saturated heterocycles. The van der Waals surface area contributed by atoms with Crippen LogP contribution < -0.4 is 10.6 Å². The molecule has 1 fully saturated rings. The number of rotatable bonds is 26. The van der Waals surface area contributed by atoms with Crippen LogP contribution >= 0.6 is 11.3 Å². The number of aliphatic hydroxyl groups is 1. The number of hydrogen-bond acceptors (Lipinski definition) is 12. The molecular formula is C50H66N6O8S. The second-order valence-corrected chi connectivity index (χ2v) is 18.7. The fourth-order valence-corrected chi connectivity index (χ4v) is 8.96. The van der Waals surface area contributed by atoms with Gasteiger partial charge in [0.05, 0.1) is 81.1 Å². The Labute approximate surface area is 386 Å². The van der Waals surface area contributed by atoms with Gasteiger partial charge in [-0.1, -0.05) is 63.7 Å². The van der Waals surface area contributed by atoms with Gasteiger partial charge in [-0.15, -0.1) is 11.3 Å². The van der Waals surface area contributed by atoms with Crippen molar-refractivity contribution >= 4 is 50.7 Å². The van der Waals surface area contributed by atoms with E-state index in [-0.39, 0.29) is 49.6 Å². The van der Waals surface area contributed by atoms with E-state index in [1.807, 2.05) is 45.5 Å². The summed E-state index contributed by atoms with van der Waals surface area (Å²) in [6.45, 7) is 17.8. The third-order valence-electron chi connectivity index (χ3n) is 11.9. The molecule has 14 nitrogen and oxygen atoms in total. The number of ether oxygens (including phenoxy) is 4. The number of aryl methyl sites for hydroxylation is 2. The van der Waals surface area contributed by atoms with Crippen molar-refractivity contribution in [2.24, 2.45) is 11.3 Å². The Morgan fingerprint density at radius 3 is 2.29 bits per heavy atom. The molecule has 15 heteroatoms. The first-order chi connectivity index (χ1) is 31.3. The van der Waals surface area contributed by atoms with Gasteiger partial charge < -0.3 is 44.6 Å². The largest absolute Gasteiger partial charge is 0.391 e. The second kappa shape index (κ2) is 23.9. The Bertz CT molecular complexity index is 2340. The molecule has 65 heavy (non-hydrogen) atoms. The summed E-state index contributed by atoms with van der Waals surface area (Å²) in [6.07, 6.45) is 4.65. The van der Waals surface area contributed by atoms with Crippen molar-refractivity contribution < 1.29 is 38.4 Å². The summed E-state index contributed by atoms with van der Waals surface area (Å²) < 4.78 is 22.4. The minimum atomic E-state index is -0.681. The number of H-pyrrole nitrogens is 1. The lowest BCUT2D eigenvalue weighted by Gasteiger charge is -2.36. The van der Waals surface area contributed by atoms with Crippen molar-refractivity contribution in [2.75, 3.05) is 65.9 Å². The van der Waals surface area contributed by atoms with Gasteiger partial charge in [0, 0.05) is 90.6 Å². The number of aliphatic hydroxyl groups excluding tert-OH is 1. The summed E-state index contributed by atoms with van der Waals surface area (Å²) in [5.41, 5.74) is 8.42. The van der Waals surface area contributed by atoms with Crippen LogP contribution in [0, 0.1) is 18.3 Å². The molecule has 2 aromatic carbocycles. The second-order valence-electron chi connectivity index (χ2n) is 17.8. The first-order valence-corrected chi connectivity index (χ1v) is 23.5. The Morgan fingerprint density at radius 2 is 1.62 bits per heavy atom. The number of amides is 2. The van der Waals surface area contributed by atoms with E-state index in [1.54, 1.807) is 22.4 Å². The molecule has 1 aliphatic rings.